The van der Waals surface area contributed by atoms with Gasteiger partial charge in [0.2, 0.25) is 11.7 Å². The lowest BCUT2D eigenvalue weighted by Crippen LogP contribution is -2.39. The number of rotatable bonds is 4. The highest BCUT2D eigenvalue weighted by atomic mass is 32.1. The van der Waals surface area contributed by atoms with Gasteiger partial charge in [0.1, 0.15) is 11.4 Å². The van der Waals surface area contributed by atoms with Crippen LogP contribution in [0.4, 0.5) is 0 Å². The predicted octanol–water partition coefficient (Wildman–Crippen LogP) is 3.50. The molecule has 4 heterocycles. The molecule has 0 aliphatic carbocycles. The lowest BCUT2D eigenvalue weighted by atomic mass is 10.1. The van der Waals surface area contributed by atoms with Gasteiger partial charge in [-0.1, -0.05) is 35.5 Å². The number of likely N-dealkylation sites (tertiary alicyclic amines) is 1. The number of benzene rings is 1. The molecule has 31 heavy (non-hydrogen) atoms. The van der Waals surface area contributed by atoms with Crippen LogP contribution in [0.5, 0.6) is 0 Å². The maximum Gasteiger partial charge on any atom is 0.268 e. The molecule has 0 spiro atoms. The van der Waals surface area contributed by atoms with E-state index >= 15 is 0 Å². The SMILES string of the molecule is Cc1c(-c2nc(-c3ccccc3)no2)sc2ncn(CC(=O)N3CCCCC3)c(=O)c12. The van der Waals surface area contributed by atoms with Crippen molar-refractivity contribution in [3.05, 3.63) is 52.6 Å². The average Bonchev–Trinajstić information content (AvgIpc) is 3.42. The molecule has 5 rings (SSSR count). The number of carbonyl (C=O) groups excluding carboxylic acids is 1. The molecule has 9 heteroatoms. The van der Waals surface area contributed by atoms with E-state index < -0.39 is 0 Å². The second-order valence-corrected chi connectivity index (χ2v) is 8.64. The van der Waals surface area contributed by atoms with Crippen LogP contribution in [0.25, 0.3) is 32.4 Å². The molecular formula is C22H21N5O3S. The molecule has 1 amide bonds. The van der Waals surface area contributed by atoms with Crippen molar-refractivity contribution < 1.29 is 9.32 Å². The largest absolute Gasteiger partial charge is 0.341 e. The summed E-state index contributed by atoms with van der Waals surface area (Å²) >= 11 is 1.34. The molecule has 1 fully saturated rings. The van der Waals surface area contributed by atoms with Crippen LogP contribution in [0.1, 0.15) is 24.8 Å². The molecule has 158 valence electrons. The van der Waals surface area contributed by atoms with E-state index in [0.29, 0.717) is 21.9 Å². The van der Waals surface area contributed by atoms with E-state index in [9.17, 15) is 9.59 Å². The molecule has 1 aromatic carbocycles. The first kappa shape index (κ1) is 19.6. The van der Waals surface area contributed by atoms with E-state index in [1.165, 1.54) is 22.2 Å². The lowest BCUT2D eigenvalue weighted by molar-refractivity contribution is -0.132. The highest BCUT2D eigenvalue weighted by molar-refractivity contribution is 7.22. The van der Waals surface area contributed by atoms with Gasteiger partial charge >= 0.3 is 0 Å². The van der Waals surface area contributed by atoms with Gasteiger partial charge in [0.05, 0.1) is 16.6 Å². The maximum absolute atomic E-state index is 13.1. The number of amides is 1. The number of aromatic nitrogens is 4. The van der Waals surface area contributed by atoms with Crippen LogP contribution in [0.15, 0.2) is 46.0 Å². The number of thiophene rings is 1. The molecule has 8 nitrogen and oxygen atoms in total. The van der Waals surface area contributed by atoms with Crippen molar-refractivity contribution in [2.75, 3.05) is 13.1 Å². The van der Waals surface area contributed by atoms with E-state index in [1.54, 1.807) is 0 Å². The Bertz CT molecular complexity index is 1300. The third-order valence-electron chi connectivity index (χ3n) is 5.58. The molecule has 0 unspecified atom stereocenters. The Kier molecular flexibility index (Phi) is 5.11. The molecule has 0 saturated carbocycles. The normalized spacial score (nSPS) is 14.3. The number of fused-ring (bicyclic) bond motifs is 1. The van der Waals surface area contributed by atoms with Crippen LogP contribution in [0, 0.1) is 6.92 Å². The van der Waals surface area contributed by atoms with Crippen LogP contribution in [-0.4, -0.2) is 43.6 Å². The molecule has 4 aromatic rings. The third kappa shape index (κ3) is 3.65. The monoisotopic (exact) mass is 435 g/mol. The molecule has 1 aliphatic heterocycles. The summed E-state index contributed by atoms with van der Waals surface area (Å²) in [5.41, 5.74) is 1.37. The Hall–Kier alpha value is -3.33. The Morgan fingerprint density at radius 2 is 1.94 bits per heavy atom. The standard InChI is InChI=1S/C22H21N5O3S/c1-14-17-21(23-13-27(22(17)29)12-16(28)26-10-6-3-7-11-26)31-18(14)20-24-19(25-30-20)15-8-4-2-5-9-15/h2,4-5,8-9,13H,3,6-7,10-12H2,1H3. The Morgan fingerprint density at radius 1 is 1.16 bits per heavy atom. The zero-order chi connectivity index (χ0) is 21.4. The summed E-state index contributed by atoms with van der Waals surface area (Å²) in [5.74, 6) is 0.806. The van der Waals surface area contributed by atoms with Crippen molar-refractivity contribution in [1.29, 1.82) is 0 Å². The van der Waals surface area contributed by atoms with Crippen molar-refractivity contribution in [2.24, 2.45) is 0 Å². The van der Waals surface area contributed by atoms with Crippen molar-refractivity contribution in [1.82, 2.24) is 24.6 Å². The van der Waals surface area contributed by atoms with Crippen LogP contribution >= 0.6 is 11.3 Å². The van der Waals surface area contributed by atoms with Gasteiger partial charge in [0.25, 0.3) is 11.4 Å². The summed E-state index contributed by atoms with van der Waals surface area (Å²) in [6.45, 7) is 3.36. The summed E-state index contributed by atoms with van der Waals surface area (Å²) in [6.07, 6.45) is 4.63. The summed E-state index contributed by atoms with van der Waals surface area (Å²) in [4.78, 5) is 37.8. The minimum absolute atomic E-state index is 0.00507. The van der Waals surface area contributed by atoms with E-state index in [-0.39, 0.29) is 18.0 Å². The van der Waals surface area contributed by atoms with Gasteiger partial charge in [-0.25, -0.2) is 4.98 Å². The fourth-order valence-corrected chi connectivity index (χ4v) is 4.95. The molecule has 1 aliphatic rings. The molecular weight excluding hydrogens is 414 g/mol. The summed E-state index contributed by atoms with van der Waals surface area (Å²) in [7, 11) is 0. The zero-order valence-electron chi connectivity index (χ0n) is 17.1. The number of aryl methyl sites for hydroxylation is 1. The maximum atomic E-state index is 13.1. The number of hydrogen-bond acceptors (Lipinski definition) is 7. The minimum Gasteiger partial charge on any atom is -0.341 e. The van der Waals surface area contributed by atoms with E-state index in [0.717, 1.165) is 48.4 Å². The van der Waals surface area contributed by atoms with Crippen LogP contribution < -0.4 is 5.56 Å². The van der Waals surface area contributed by atoms with Gasteiger partial charge in [-0.05, 0) is 31.7 Å². The second kappa shape index (κ2) is 8.07. The van der Waals surface area contributed by atoms with Crippen LogP contribution in [0.2, 0.25) is 0 Å². The van der Waals surface area contributed by atoms with Crippen molar-refractivity contribution in [3.8, 4) is 22.2 Å². The van der Waals surface area contributed by atoms with Gasteiger partial charge in [-0.3, -0.25) is 14.2 Å². The third-order valence-corrected chi connectivity index (χ3v) is 6.77. The summed E-state index contributed by atoms with van der Waals surface area (Å²) < 4.78 is 6.88. The molecule has 0 N–H and O–H groups in total. The zero-order valence-corrected chi connectivity index (χ0v) is 17.9. The topological polar surface area (TPSA) is 94.1 Å². The van der Waals surface area contributed by atoms with E-state index in [4.69, 9.17) is 4.52 Å². The number of nitrogens with zero attached hydrogens (tertiary/aromatic N) is 5. The molecule has 3 aromatic heterocycles. The van der Waals surface area contributed by atoms with E-state index in [1.807, 2.05) is 42.2 Å². The Morgan fingerprint density at radius 3 is 2.71 bits per heavy atom. The minimum atomic E-state index is -0.224. The Labute approximate surface area is 182 Å². The molecule has 1 saturated heterocycles. The van der Waals surface area contributed by atoms with Gasteiger partial charge in [-0.2, -0.15) is 4.98 Å². The van der Waals surface area contributed by atoms with Gasteiger partial charge in [0, 0.05) is 18.7 Å². The fraction of sp³-hybridized carbons (Fsp3) is 0.318. The highest BCUT2D eigenvalue weighted by Gasteiger charge is 2.22. The highest BCUT2D eigenvalue weighted by Crippen LogP contribution is 2.35. The smallest absolute Gasteiger partial charge is 0.268 e. The first-order chi connectivity index (χ1) is 15.1. The summed E-state index contributed by atoms with van der Waals surface area (Å²) in [6, 6.07) is 9.56. The first-order valence-corrected chi connectivity index (χ1v) is 11.1. The van der Waals surface area contributed by atoms with Crippen molar-refractivity contribution in [3.63, 3.8) is 0 Å². The molecule has 0 atom stereocenters. The predicted molar refractivity (Wildman–Crippen MR) is 118 cm³/mol. The van der Waals surface area contributed by atoms with E-state index in [2.05, 4.69) is 15.1 Å². The number of piperidine rings is 1. The lowest BCUT2D eigenvalue weighted by Gasteiger charge is -2.26. The molecule has 0 radical (unpaired) electrons. The fourth-order valence-electron chi connectivity index (χ4n) is 3.89. The van der Waals surface area contributed by atoms with Gasteiger partial charge in [0.15, 0.2) is 0 Å². The average molecular weight is 436 g/mol. The van der Waals surface area contributed by atoms with Crippen molar-refractivity contribution >= 4 is 27.5 Å². The second-order valence-electron chi connectivity index (χ2n) is 7.64. The quantitative estimate of drug-likeness (QED) is 0.487. The van der Waals surface area contributed by atoms with Gasteiger partial charge < -0.3 is 9.42 Å². The Balaban J connectivity index is 1.47. The van der Waals surface area contributed by atoms with Gasteiger partial charge in [-0.15, -0.1) is 11.3 Å². The van der Waals surface area contributed by atoms with Crippen LogP contribution in [0.3, 0.4) is 0 Å². The summed E-state index contributed by atoms with van der Waals surface area (Å²) in [5, 5.41) is 4.57. The number of carbonyl (C=O) groups is 1. The number of hydrogen-bond donors (Lipinski definition) is 0. The molecule has 0 bridgehead atoms. The van der Waals surface area contributed by atoms with Crippen molar-refractivity contribution in [2.45, 2.75) is 32.7 Å². The van der Waals surface area contributed by atoms with Crippen LogP contribution in [-0.2, 0) is 11.3 Å². The first-order valence-electron chi connectivity index (χ1n) is 10.3.